The van der Waals surface area contributed by atoms with Crippen LogP contribution in [-0.4, -0.2) is 20.6 Å². The summed E-state index contributed by atoms with van der Waals surface area (Å²) in [7, 11) is 0. The number of carbonyl (C=O) groups is 1. The number of nitrogens with zero attached hydrogens (tertiary/aromatic N) is 2. The summed E-state index contributed by atoms with van der Waals surface area (Å²) in [5.41, 5.74) is 3.57. The number of nitrogens with one attached hydrogen (secondary N) is 1. The Balaban J connectivity index is 1.82. The van der Waals surface area contributed by atoms with Crippen molar-refractivity contribution in [3.05, 3.63) is 59.9 Å². The predicted octanol–water partition coefficient (Wildman–Crippen LogP) is 2.73. The Labute approximate surface area is 134 Å². The summed E-state index contributed by atoms with van der Waals surface area (Å²) in [6.45, 7) is 1.99. The molecule has 0 fully saturated rings. The van der Waals surface area contributed by atoms with Crippen molar-refractivity contribution in [3.63, 3.8) is 0 Å². The third kappa shape index (κ3) is 3.24. The molecule has 5 heteroatoms. The van der Waals surface area contributed by atoms with Crippen molar-refractivity contribution >= 4 is 22.6 Å². The van der Waals surface area contributed by atoms with Gasteiger partial charge in [-0.15, -0.1) is 0 Å². The van der Waals surface area contributed by atoms with Crippen molar-refractivity contribution in [2.75, 3.05) is 5.32 Å². The Morgan fingerprint density at radius 1 is 1.22 bits per heavy atom. The van der Waals surface area contributed by atoms with Gasteiger partial charge in [-0.3, -0.25) is 4.79 Å². The van der Waals surface area contributed by atoms with E-state index in [0.717, 1.165) is 23.1 Å². The first-order chi connectivity index (χ1) is 11.2. The summed E-state index contributed by atoms with van der Waals surface area (Å²) < 4.78 is 1.74. The first-order valence-electron chi connectivity index (χ1n) is 7.65. The maximum absolute atomic E-state index is 12.3. The van der Waals surface area contributed by atoms with Gasteiger partial charge in [0.05, 0.1) is 11.0 Å². The van der Waals surface area contributed by atoms with Crippen molar-refractivity contribution in [1.29, 1.82) is 0 Å². The van der Waals surface area contributed by atoms with E-state index >= 15 is 0 Å². The van der Waals surface area contributed by atoms with E-state index in [4.69, 9.17) is 0 Å². The number of aliphatic hydroxyl groups excluding tert-OH is 1. The molecule has 118 valence electrons. The van der Waals surface area contributed by atoms with Crippen LogP contribution in [0.4, 0.5) is 5.69 Å². The largest absolute Gasteiger partial charge is 0.388 e. The van der Waals surface area contributed by atoms with Gasteiger partial charge in [0.15, 0.2) is 0 Å². The van der Waals surface area contributed by atoms with Crippen LogP contribution >= 0.6 is 0 Å². The molecule has 0 aliphatic carbocycles. The quantitative estimate of drug-likeness (QED) is 0.761. The van der Waals surface area contributed by atoms with Crippen LogP contribution in [0, 0.1) is 0 Å². The summed E-state index contributed by atoms with van der Waals surface area (Å²) in [6.07, 6.45) is 0.921. The summed E-state index contributed by atoms with van der Waals surface area (Å²) in [5.74, 6) is 0.347. The molecule has 0 radical (unpaired) electrons. The van der Waals surface area contributed by atoms with E-state index in [2.05, 4.69) is 17.2 Å². The van der Waals surface area contributed by atoms with Crippen molar-refractivity contribution in [2.24, 2.45) is 0 Å². The van der Waals surface area contributed by atoms with Gasteiger partial charge in [0.1, 0.15) is 19.0 Å². The summed E-state index contributed by atoms with van der Waals surface area (Å²) in [6, 6.07) is 15.3. The van der Waals surface area contributed by atoms with Crippen LogP contribution in [0.2, 0.25) is 0 Å². The number of hydrogen-bond donors (Lipinski definition) is 2. The molecule has 1 amide bonds. The van der Waals surface area contributed by atoms with E-state index in [0.29, 0.717) is 5.82 Å². The Hall–Kier alpha value is -2.66. The number of amides is 1. The first kappa shape index (κ1) is 15.2. The Morgan fingerprint density at radius 2 is 2.04 bits per heavy atom. The molecule has 1 heterocycles. The molecular formula is C18H19N3O2. The van der Waals surface area contributed by atoms with E-state index < -0.39 is 0 Å². The molecule has 2 aromatic carbocycles. The second-order valence-corrected chi connectivity index (χ2v) is 5.36. The van der Waals surface area contributed by atoms with Crippen molar-refractivity contribution in [2.45, 2.75) is 26.5 Å². The average Bonchev–Trinajstić information content (AvgIpc) is 2.93. The highest BCUT2D eigenvalue weighted by Crippen LogP contribution is 2.17. The second-order valence-electron chi connectivity index (χ2n) is 5.36. The zero-order valence-corrected chi connectivity index (χ0v) is 13.0. The van der Waals surface area contributed by atoms with Crippen LogP contribution in [0.5, 0.6) is 0 Å². The van der Waals surface area contributed by atoms with Gasteiger partial charge in [-0.05, 0) is 36.2 Å². The Kier molecular flexibility index (Phi) is 4.39. The molecule has 0 bridgehead atoms. The summed E-state index contributed by atoms with van der Waals surface area (Å²) in [4.78, 5) is 16.7. The van der Waals surface area contributed by atoms with Gasteiger partial charge in [-0.1, -0.05) is 31.2 Å². The predicted molar refractivity (Wildman–Crippen MR) is 90.1 cm³/mol. The van der Waals surface area contributed by atoms with Gasteiger partial charge in [-0.2, -0.15) is 0 Å². The minimum atomic E-state index is -0.201. The van der Waals surface area contributed by atoms with Crippen LogP contribution in [0.15, 0.2) is 48.5 Å². The molecule has 0 saturated heterocycles. The lowest BCUT2D eigenvalue weighted by molar-refractivity contribution is -0.116. The number of anilines is 1. The molecule has 0 unspecified atom stereocenters. The number of carbonyl (C=O) groups excluding carboxylic acids is 1. The molecule has 5 nitrogen and oxygen atoms in total. The maximum Gasteiger partial charge on any atom is 0.244 e. The van der Waals surface area contributed by atoms with Crippen LogP contribution in [0.1, 0.15) is 18.3 Å². The number of para-hydroxylation sites is 2. The minimum absolute atomic E-state index is 0.118. The minimum Gasteiger partial charge on any atom is -0.388 e. The van der Waals surface area contributed by atoms with Gasteiger partial charge in [-0.25, -0.2) is 4.98 Å². The van der Waals surface area contributed by atoms with Crippen molar-refractivity contribution < 1.29 is 9.90 Å². The zero-order valence-electron chi connectivity index (χ0n) is 13.0. The average molecular weight is 309 g/mol. The molecule has 23 heavy (non-hydrogen) atoms. The number of rotatable bonds is 5. The third-order valence-electron chi connectivity index (χ3n) is 3.80. The molecule has 3 rings (SSSR count). The smallest absolute Gasteiger partial charge is 0.244 e. The lowest BCUT2D eigenvalue weighted by atomic mass is 10.1. The molecule has 3 aromatic rings. The van der Waals surface area contributed by atoms with Crippen LogP contribution in [0.25, 0.3) is 11.0 Å². The highest BCUT2D eigenvalue weighted by Gasteiger charge is 2.13. The van der Waals surface area contributed by atoms with E-state index in [1.54, 1.807) is 4.57 Å². The van der Waals surface area contributed by atoms with E-state index in [-0.39, 0.29) is 19.1 Å². The Morgan fingerprint density at radius 3 is 2.83 bits per heavy atom. The molecule has 0 spiro atoms. The van der Waals surface area contributed by atoms with E-state index in [1.807, 2.05) is 48.5 Å². The standard InChI is InChI=1S/C18H19N3O2/c1-2-13-6-5-7-14(10-13)19-18(23)11-21-16-9-4-3-8-15(16)20-17(21)12-22/h3-10,22H,2,11-12H2,1H3,(H,19,23). The SMILES string of the molecule is CCc1cccc(NC(=O)Cn2c(CO)nc3ccccc32)c1. The number of imidazole rings is 1. The number of aromatic nitrogens is 2. The summed E-state index contributed by atoms with van der Waals surface area (Å²) >= 11 is 0. The van der Waals surface area contributed by atoms with Gasteiger partial charge < -0.3 is 15.0 Å². The fraction of sp³-hybridized carbons (Fsp3) is 0.222. The molecular weight excluding hydrogens is 290 g/mol. The highest BCUT2D eigenvalue weighted by molar-refractivity contribution is 5.91. The second kappa shape index (κ2) is 6.62. The number of aryl methyl sites for hydroxylation is 1. The van der Waals surface area contributed by atoms with Crippen LogP contribution in [0.3, 0.4) is 0 Å². The third-order valence-corrected chi connectivity index (χ3v) is 3.80. The van der Waals surface area contributed by atoms with Crippen molar-refractivity contribution in [3.8, 4) is 0 Å². The Bertz CT molecular complexity index is 839. The van der Waals surface area contributed by atoms with Crippen LogP contribution < -0.4 is 5.32 Å². The first-order valence-corrected chi connectivity index (χ1v) is 7.65. The number of benzene rings is 2. The van der Waals surface area contributed by atoms with E-state index in [9.17, 15) is 9.90 Å². The summed E-state index contributed by atoms with van der Waals surface area (Å²) in [5, 5.41) is 12.4. The molecule has 0 aliphatic rings. The normalized spacial score (nSPS) is 10.9. The van der Waals surface area contributed by atoms with Crippen molar-refractivity contribution in [1.82, 2.24) is 9.55 Å². The maximum atomic E-state index is 12.3. The lowest BCUT2D eigenvalue weighted by Gasteiger charge is -2.10. The van der Waals surface area contributed by atoms with Gasteiger partial charge in [0, 0.05) is 5.69 Å². The molecule has 0 aliphatic heterocycles. The molecule has 2 N–H and O–H groups in total. The van der Waals surface area contributed by atoms with Gasteiger partial charge in [0.25, 0.3) is 0 Å². The molecule has 0 saturated carbocycles. The topological polar surface area (TPSA) is 67.2 Å². The fourth-order valence-electron chi connectivity index (χ4n) is 2.64. The number of hydrogen-bond acceptors (Lipinski definition) is 3. The molecule has 0 atom stereocenters. The highest BCUT2D eigenvalue weighted by atomic mass is 16.3. The lowest BCUT2D eigenvalue weighted by Crippen LogP contribution is -2.20. The number of fused-ring (bicyclic) bond motifs is 1. The van der Waals surface area contributed by atoms with E-state index in [1.165, 1.54) is 5.56 Å². The van der Waals surface area contributed by atoms with Gasteiger partial charge >= 0.3 is 0 Å². The van der Waals surface area contributed by atoms with Crippen LogP contribution in [-0.2, 0) is 24.4 Å². The zero-order chi connectivity index (χ0) is 16.2. The molecule has 1 aromatic heterocycles. The monoisotopic (exact) mass is 309 g/mol. The van der Waals surface area contributed by atoms with Gasteiger partial charge in [0.2, 0.25) is 5.91 Å². The fourth-order valence-corrected chi connectivity index (χ4v) is 2.64. The number of aliphatic hydroxyl groups is 1.